The first-order valence-electron chi connectivity index (χ1n) is 17.5. The summed E-state index contributed by atoms with van der Waals surface area (Å²) in [5.74, 6) is 0.700. The van der Waals surface area contributed by atoms with Gasteiger partial charge in [-0.15, -0.1) is 4.36 Å². The molecule has 2 aromatic carbocycles. The van der Waals surface area contributed by atoms with Crippen molar-refractivity contribution in [2.45, 2.75) is 75.5 Å². The molecule has 0 saturated heterocycles. The van der Waals surface area contributed by atoms with Gasteiger partial charge in [0.05, 0.1) is 36.3 Å². The van der Waals surface area contributed by atoms with Crippen molar-refractivity contribution in [2.24, 2.45) is 22.1 Å². The molecule has 2 saturated carbocycles. The molecule has 2 aliphatic heterocycles. The van der Waals surface area contributed by atoms with E-state index in [1.165, 1.54) is 11.1 Å². The Balaban J connectivity index is 1.27. The third kappa shape index (κ3) is 7.22. The van der Waals surface area contributed by atoms with Crippen molar-refractivity contribution in [3.05, 3.63) is 70.3 Å². The molecular weight excluding hydrogens is 664 g/mol. The number of methoxy groups -OCH3 is 2. The van der Waals surface area contributed by atoms with Crippen LogP contribution in [0.15, 0.2) is 52.9 Å². The van der Waals surface area contributed by atoms with E-state index in [4.69, 9.17) is 25.8 Å². The van der Waals surface area contributed by atoms with Crippen molar-refractivity contribution >= 4 is 39.1 Å². The van der Waals surface area contributed by atoms with E-state index >= 15 is 0 Å². The number of allylic oxidation sites excluding steroid dienone is 1. The van der Waals surface area contributed by atoms with E-state index in [1.54, 1.807) is 20.3 Å². The summed E-state index contributed by atoms with van der Waals surface area (Å²) in [6.45, 7) is 3.97. The van der Waals surface area contributed by atoms with Crippen molar-refractivity contribution in [3.8, 4) is 5.75 Å². The maximum absolute atomic E-state index is 14.3. The Morgan fingerprint density at radius 3 is 2.78 bits per heavy atom. The molecule has 2 fully saturated rings. The largest absolute Gasteiger partial charge is 0.490 e. The van der Waals surface area contributed by atoms with Gasteiger partial charge in [-0.3, -0.25) is 9.52 Å². The lowest BCUT2D eigenvalue weighted by Gasteiger charge is -2.46. The molecule has 0 unspecified atom stereocenters. The van der Waals surface area contributed by atoms with E-state index in [0.29, 0.717) is 42.6 Å². The predicted octanol–water partition coefficient (Wildman–Crippen LogP) is 6.06. The fourth-order valence-electron chi connectivity index (χ4n) is 8.29. The highest BCUT2D eigenvalue weighted by Crippen LogP contribution is 2.47. The molecule has 2 heterocycles. The lowest BCUT2D eigenvalue weighted by molar-refractivity contribution is 0.0131. The number of halogens is 1. The Morgan fingerprint density at radius 1 is 1.16 bits per heavy atom. The van der Waals surface area contributed by atoms with Gasteiger partial charge in [0.15, 0.2) is 0 Å². The number of benzene rings is 2. The number of anilines is 1. The SMILES string of the molecule is CO[C@H]1/C=C/C[C@H](C)C[S@@](=O)(NC(=O)N[C@H]2C[C@@H]2OC)=NC(=O)c2ccc3c(c2)N(C[C@@H]2CC[C@H]21)C[C@@]1(CCCc2cc(Cl)ccc21)CO3. The van der Waals surface area contributed by atoms with Crippen LogP contribution in [0.4, 0.5) is 10.5 Å². The Morgan fingerprint density at radius 2 is 2.02 bits per heavy atom. The molecule has 0 radical (unpaired) electrons. The van der Waals surface area contributed by atoms with E-state index < -0.39 is 21.9 Å². The van der Waals surface area contributed by atoms with Gasteiger partial charge in [0.25, 0.3) is 5.91 Å². The standard InChI is InChI=1S/C37H47ClN4O6S/c1-23-6-4-8-32(46-2)28-12-9-26(28)19-42-21-37(15-5-7-24-16-27(38)11-13-29(24)37)22-48-33-14-10-25(17-31(33)42)35(43)40-49(45,20-23)41-36(44)39-30-18-34(30)47-3/h4,8,10-11,13-14,16-17,23,26,28,30,32,34H,5-7,9,12,15,18-22H2,1-3H3,(H2,39,40,41,43,44,45)/b8-4+/t23-,26-,28+,30-,32-,34-,37-,49-/m0/s1. The van der Waals surface area contributed by atoms with E-state index in [9.17, 15) is 13.8 Å². The van der Waals surface area contributed by atoms with Gasteiger partial charge in [-0.2, -0.15) is 0 Å². The topological polar surface area (TPSA) is 119 Å². The minimum absolute atomic E-state index is 0.0185. The van der Waals surface area contributed by atoms with Crippen molar-refractivity contribution in [1.82, 2.24) is 10.0 Å². The maximum Gasteiger partial charge on any atom is 0.327 e. The smallest absolute Gasteiger partial charge is 0.327 e. The number of amides is 3. The van der Waals surface area contributed by atoms with Crippen molar-refractivity contribution in [3.63, 3.8) is 0 Å². The second kappa shape index (κ2) is 13.9. The number of nitrogens with one attached hydrogen (secondary N) is 2. The number of carbonyl (C=O) groups excluding carboxylic acids is 2. The van der Waals surface area contributed by atoms with E-state index in [1.807, 2.05) is 25.1 Å². The number of rotatable bonds is 4. The summed E-state index contributed by atoms with van der Waals surface area (Å²) >= 11 is 6.45. The van der Waals surface area contributed by atoms with Crippen molar-refractivity contribution in [2.75, 3.05) is 44.6 Å². The second-order valence-electron chi connectivity index (χ2n) is 14.7. The molecule has 8 atom stereocenters. The van der Waals surface area contributed by atoms with Crippen molar-refractivity contribution < 1.29 is 28.0 Å². The summed E-state index contributed by atoms with van der Waals surface area (Å²) in [5.41, 5.74) is 3.42. The minimum Gasteiger partial charge on any atom is -0.490 e. The Hall–Kier alpha value is -3.12. The first kappa shape index (κ1) is 34.3. The van der Waals surface area contributed by atoms with Gasteiger partial charge in [0, 0.05) is 43.3 Å². The summed E-state index contributed by atoms with van der Waals surface area (Å²) in [5, 5.41) is 3.54. The lowest BCUT2D eigenvalue weighted by Crippen LogP contribution is -2.49. The third-order valence-electron chi connectivity index (χ3n) is 11.1. The van der Waals surface area contributed by atoms with Crippen LogP contribution in [-0.2, 0) is 31.2 Å². The molecule has 5 aliphatic rings. The van der Waals surface area contributed by atoms with Gasteiger partial charge >= 0.3 is 6.03 Å². The quantitative estimate of drug-likeness (QED) is 0.371. The molecule has 264 valence electrons. The molecule has 7 rings (SSSR count). The Kier molecular flexibility index (Phi) is 9.73. The van der Waals surface area contributed by atoms with Crippen LogP contribution in [-0.4, -0.2) is 74.1 Å². The minimum atomic E-state index is -3.48. The molecule has 2 aromatic rings. The van der Waals surface area contributed by atoms with Gasteiger partial charge in [0.2, 0.25) is 0 Å². The number of ether oxygens (including phenoxy) is 3. The van der Waals surface area contributed by atoms with Gasteiger partial charge in [-0.25, -0.2) is 9.00 Å². The highest BCUT2D eigenvalue weighted by Gasteiger charge is 2.44. The fourth-order valence-corrected chi connectivity index (χ4v) is 10.3. The van der Waals surface area contributed by atoms with Crippen molar-refractivity contribution in [1.29, 1.82) is 0 Å². The van der Waals surface area contributed by atoms with Crippen LogP contribution in [0.25, 0.3) is 0 Å². The number of urea groups is 1. The highest BCUT2D eigenvalue weighted by molar-refractivity contribution is 7.92. The first-order chi connectivity index (χ1) is 23.6. The monoisotopic (exact) mass is 710 g/mol. The maximum atomic E-state index is 14.3. The number of hydrogen-bond acceptors (Lipinski definition) is 7. The molecule has 2 bridgehead atoms. The second-order valence-corrected chi connectivity index (χ2v) is 17.1. The van der Waals surface area contributed by atoms with Crippen LogP contribution in [0.3, 0.4) is 0 Å². The number of nitrogens with zero attached hydrogens (tertiary/aromatic N) is 2. The summed E-state index contributed by atoms with van der Waals surface area (Å²) < 4.78 is 39.1. The fraction of sp³-hybridized carbons (Fsp3) is 0.568. The first-order valence-corrected chi connectivity index (χ1v) is 19.6. The van der Waals surface area contributed by atoms with Gasteiger partial charge < -0.3 is 24.4 Å². The van der Waals surface area contributed by atoms with Crippen LogP contribution < -0.4 is 19.7 Å². The van der Waals surface area contributed by atoms with E-state index in [-0.39, 0.29) is 35.3 Å². The predicted molar refractivity (Wildman–Crippen MR) is 191 cm³/mol. The zero-order valence-electron chi connectivity index (χ0n) is 28.5. The number of aryl methyl sites for hydroxylation is 1. The summed E-state index contributed by atoms with van der Waals surface area (Å²) in [6.07, 6.45) is 10.5. The molecule has 3 aliphatic carbocycles. The number of fused-ring (bicyclic) bond motifs is 4. The number of carbonyl (C=O) groups is 2. The summed E-state index contributed by atoms with van der Waals surface area (Å²) in [4.78, 5) is 29.2. The molecule has 12 heteroatoms. The molecule has 49 heavy (non-hydrogen) atoms. The molecule has 0 aromatic heterocycles. The van der Waals surface area contributed by atoms with Gasteiger partial charge in [-0.1, -0.05) is 36.7 Å². The molecular formula is C37H47ClN4O6S. The summed E-state index contributed by atoms with van der Waals surface area (Å²) in [7, 11) is -0.129. The number of hydrogen-bond donors (Lipinski definition) is 2. The van der Waals surface area contributed by atoms with Gasteiger partial charge in [-0.05, 0) is 104 Å². The average Bonchev–Trinajstić information content (AvgIpc) is 3.83. The normalized spacial score (nSPS) is 34.6. The summed E-state index contributed by atoms with van der Waals surface area (Å²) in [6, 6.07) is 10.8. The Labute approximate surface area is 294 Å². The van der Waals surface area contributed by atoms with Gasteiger partial charge in [0.1, 0.15) is 15.7 Å². The molecule has 10 nitrogen and oxygen atoms in total. The van der Waals surface area contributed by atoms with Crippen LogP contribution in [0.1, 0.15) is 66.9 Å². The zero-order valence-corrected chi connectivity index (χ0v) is 30.1. The molecule has 3 amide bonds. The zero-order chi connectivity index (χ0) is 34.3. The van der Waals surface area contributed by atoms with Crippen LogP contribution >= 0.6 is 11.6 Å². The average molecular weight is 711 g/mol. The highest BCUT2D eigenvalue weighted by atomic mass is 35.5. The third-order valence-corrected chi connectivity index (χ3v) is 13.3. The molecule has 2 N–H and O–H groups in total. The lowest BCUT2D eigenvalue weighted by atomic mass is 9.68. The van der Waals surface area contributed by atoms with E-state index in [0.717, 1.165) is 55.9 Å². The Bertz CT molecular complexity index is 1760. The molecule has 1 spiro atoms. The van der Waals surface area contributed by atoms with E-state index in [2.05, 4.69) is 43.6 Å². The van der Waals surface area contributed by atoms with Crippen LogP contribution in [0, 0.1) is 17.8 Å². The van der Waals surface area contributed by atoms with Crippen LogP contribution in [0.2, 0.25) is 5.02 Å². The van der Waals surface area contributed by atoms with Crippen LogP contribution in [0.5, 0.6) is 5.75 Å².